The molecule has 0 heterocycles. The van der Waals surface area contributed by atoms with E-state index in [2.05, 4.69) is 66.7 Å². The summed E-state index contributed by atoms with van der Waals surface area (Å²) in [6.07, 6.45) is 0. The predicted molar refractivity (Wildman–Crippen MR) is 72.9 cm³/mol. The van der Waals surface area contributed by atoms with Crippen LogP contribution < -0.4 is 0 Å². The number of rotatable bonds is 2. The van der Waals surface area contributed by atoms with Gasteiger partial charge in [0.2, 0.25) is 0 Å². The number of benzene rings is 1. The fourth-order valence-corrected chi connectivity index (χ4v) is 1.71. The summed E-state index contributed by atoms with van der Waals surface area (Å²) in [4.78, 5) is 0. The maximum atomic E-state index is 2.36. The molecule has 1 radical (unpaired) electrons. The van der Waals surface area contributed by atoms with E-state index in [1.54, 1.807) is 0 Å². The van der Waals surface area contributed by atoms with Crippen molar-refractivity contribution >= 4 is 0 Å². The minimum atomic E-state index is 0.231. The van der Waals surface area contributed by atoms with Gasteiger partial charge in [-0.2, -0.15) is 0 Å². The van der Waals surface area contributed by atoms with Crippen LogP contribution in [0, 0.1) is 5.92 Å². The van der Waals surface area contributed by atoms with E-state index in [1.165, 1.54) is 22.6 Å². The third kappa shape index (κ3) is 3.10. The van der Waals surface area contributed by atoms with Crippen LogP contribution in [-0.4, -0.2) is 0 Å². The Morgan fingerprint density at radius 2 is 1.56 bits per heavy atom. The van der Waals surface area contributed by atoms with Crippen molar-refractivity contribution in [2.45, 2.75) is 59.8 Å². The Morgan fingerprint density at radius 1 is 1.00 bits per heavy atom. The highest BCUT2D eigenvalue weighted by atomic mass is 14.2. The SMILES string of the molecule is C[C](C)c1cc(C(C)C)cc(C(C)(C)C)c1. The fourth-order valence-electron chi connectivity index (χ4n) is 1.71. The molecule has 0 saturated heterocycles. The molecular formula is C16H25. The summed E-state index contributed by atoms with van der Waals surface area (Å²) in [6.45, 7) is 15.7. The quantitative estimate of drug-likeness (QED) is 0.649. The Labute approximate surface area is 101 Å². The van der Waals surface area contributed by atoms with Gasteiger partial charge in [0.1, 0.15) is 0 Å². The molecule has 0 heteroatoms. The molecule has 1 aromatic rings. The molecule has 16 heavy (non-hydrogen) atoms. The lowest BCUT2D eigenvalue weighted by Crippen LogP contribution is -2.12. The zero-order valence-electron chi connectivity index (χ0n) is 11.8. The second-order valence-electron chi connectivity index (χ2n) is 6.25. The van der Waals surface area contributed by atoms with Gasteiger partial charge in [-0.1, -0.05) is 66.7 Å². The van der Waals surface area contributed by atoms with Crippen molar-refractivity contribution < 1.29 is 0 Å². The molecule has 0 aromatic heterocycles. The normalized spacial score (nSPS) is 12.6. The van der Waals surface area contributed by atoms with Crippen LogP contribution in [0.2, 0.25) is 0 Å². The molecule has 0 fully saturated rings. The molecule has 0 saturated carbocycles. The highest BCUT2D eigenvalue weighted by Gasteiger charge is 2.16. The molecular weight excluding hydrogens is 192 g/mol. The van der Waals surface area contributed by atoms with Crippen LogP contribution in [0.1, 0.15) is 71.1 Å². The predicted octanol–water partition coefficient (Wildman–Crippen LogP) is 5.07. The first-order valence-electron chi connectivity index (χ1n) is 6.18. The second kappa shape index (κ2) is 4.61. The van der Waals surface area contributed by atoms with Crippen LogP contribution in [0.15, 0.2) is 18.2 Å². The zero-order valence-corrected chi connectivity index (χ0v) is 11.8. The van der Waals surface area contributed by atoms with Gasteiger partial charge in [0.25, 0.3) is 0 Å². The van der Waals surface area contributed by atoms with Crippen molar-refractivity contribution in [3.8, 4) is 0 Å². The number of hydrogen-bond donors (Lipinski definition) is 0. The van der Waals surface area contributed by atoms with Gasteiger partial charge >= 0.3 is 0 Å². The van der Waals surface area contributed by atoms with Crippen molar-refractivity contribution in [2.75, 3.05) is 0 Å². The summed E-state index contributed by atoms with van der Waals surface area (Å²) in [6, 6.07) is 7.02. The lowest BCUT2D eigenvalue weighted by atomic mass is 9.82. The summed E-state index contributed by atoms with van der Waals surface area (Å²) >= 11 is 0. The van der Waals surface area contributed by atoms with Gasteiger partial charge < -0.3 is 0 Å². The highest BCUT2D eigenvalue weighted by Crippen LogP contribution is 2.29. The lowest BCUT2D eigenvalue weighted by molar-refractivity contribution is 0.588. The van der Waals surface area contributed by atoms with E-state index in [0.29, 0.717) is 5.92 Å². The molecule has 89 valence electrons. The topological polar surface area (TPSA) is 0 Å². The maximum absolute atomic E-state index is 2.36. The van der Waals surface area contributed by atoms with Crippen LogP contribution in [0.3, 0.4) is 0 Å². The van der Waals surface area contributed by atoms with Crippen molar-refractivity contribution in [3.05, 3.63) is 40.8 Å². The smallest absolute Gasteiger partial charge is 0.00118 e. The van der Waals surface area contributed by atoms with Crippen LogP contribution in [0.4, 0.5) is 0 Å². The third-order valence-corrected chi connectivity index (χ3v) is 3.07. The standard InChI is InChI=1S/C16H25/c1-11(2)13-8-14(12(3)4)10-15(9-13)16(5,6)7/h8-11H,1-7H3. The van der Waals surface area contributed by atoms with E-state index in [1.807, 2.05) is 0 Å². The average Bonchev–Trinajstić information content (AvgIpc) is 2.15. The van der Waals surface area contributed by atoms with Crippen LogP contribution >= 0.6 is 0 Å². The average molecular weight is 217 g/mol. The molecule has 0 aliphatic carbocycles. The second-order valence-corrected chi connectivity index (χ2v) is 6.25. The fraction of sp³-hybridized carbons (Fsp3) is 0.562. The Balaban J connectivity index is 3.30. The van der Waals surface area contributed by atoms with E-state index in [4.69, 9.17) is 0 Å². The van der Waals surface area contributed by atoms with Gasteiger partial charge in [0.05, 0.1) is 0 Å². The van der Waals surface area contributed by atoms with Gasteiger partial charge in [0, 0.05) is 0 Å². The molecule has 0 atom stereocenters. The minimum absolute atomic E-state index is 0.231. The lowest BCUT2D eigenvalue weighted by Gasteiger charge is -2.23. The molecule has 0 N–H and O–H groups in total. The monoisotopic (exact) mass is 217 g/mol. The largest absolute Gasteiger partial charge is 0.0587 e. The van der Waals surface area contributed by atoms with E-state index in [-0.39, 0.29) is 5.41 Å². The first kappa shape index (κ1) is 13.3. The van der Waals surface area contributed by atoms with E-state index < -0.39 is 0 Å². The van der Waals surface area contributed by atoms with E-state index >= 15 is 0 Å². The molecule has 0 amide bonds. The summed E-state index contributed by atoms with van der Waals surface area (Å²) in [5.41, 5.74) is 4.50. The molecule has 0 aliphatic rings. The van der Waals surface area contributed by atoms with Crippen LogP contribution in [0.5, 0.6) is 0 Å². The Morgan fingerprint density at radius 3 is 1.94 bits per heavy atom. The summed E-state index contributed by atoms with van der Waals surface area (Å²) in [5, 5.41) is 0. The zero-order chi connectivity index (χ0) is 12.5. The van der Waals surface area contributed by atoms with Gasteiger partial charge in [-0.3, -0.25) is 0 Å². The molecule has 0 bridgehead atoms. The molecule has 1 rings (SSSR count). The summed E-state index contributed by atoms with van der Waals surface area (Å²) in [5.74, 6) is 1.99. The van der Waals surface area contributed by atoms with Gasteiger partial charge in [0.15, 0.2) is 0 Å². The van der Waals surface area contributed by atoms with Crippen molar-refractivity contribution in [3.63, 3.8) is 0 Å². The summed E-state index contributed by atoms with van der Waals surface area (Å²) in [7, 11) is 0. The Hall–Kier alpha value is -0.780. The van der Waals surface area contributed by atoms with Crippen molar-refractivity contribution in [2.24, 2.45) is 0 Å². The Kier molecular flexibility index (Phi) is 3.83. The minimum Gasteiger partial charge on any atom is -0.0587 e. The molecule has 0 spiro atoms. The van der Waals surface area contributed by atoms with Gasteiger partial charge in [-0.15, -0.1) is 0 Å². The third-order valence-electron chi connectivity index (χ3n) is 3.07. The molecule has 0 aliphatic heterocycles. The van der Waals surface area contributed by atoms with Crippen molar-refractivity contribution in [1.29, 1.82) is 0 Å². The Bertz CT molecular complexity index is 325. The van der Waals surface area contributed by atoms with Gasteiger partial charge in [-0.25, -0.2) is 0 Å². The highest BCUT2D eigenvalue weighted by molar-refractivity contribution is 5.40. The summed E-state index contributed by atoms with van der Waals surface area (Å²) < 4.78 is 0. The van der Waals surface area contributed by atoms with E-state index in [9.17, 15) is 0 Å². The van der Waals surface area contributed by atoms with E-state index in [0.717, 1.165) is 0 Å². The van der Waals surface area contributed by atoms with Crippen LogP contribution in [-0.2, 0) is 5.41 Å². The molecule has 0 nitrogen and oxygen atoms in total. The molecule has 1 aromatic carbocycles. The number of hydrogen-bond acceptors (Lipinski definition) is 0. The maximum Gasteiger partial charge on any atom is -0.00118 e. The molecule has 0 unspecified atom stereocenters. The van der Waals surface area contributed by atoms with Gasteiger partial charge in [-0.05, 0) is 33.9 Å². The van der Waals surface area contributed by atoms with Crippen LogP contribution in [0.25, 0.3) is 0 Å². The first-order chi connectivity index (χ1) is 7.21. The van der Waals surface area contributed by atoms with Crippen molar-refractivity contribution in [1.82, 2.24) is 0 Å². The first-order valence-corrected chi connectivity index (χ1v) is 6.18.